The third-order valence-corrected chi connectivity index (χ3v) is 17.0. The van der Waals surface area contributed by atoms with Crippen molar-refractivity contribution in [3.8, 4) is 0 Å². The number of unbranched alkanes of at least 4 members (excludes halogenated alkanes) is 19. The van der Waals surface area contributed by atoms with Gasteiger partial charge in [-0.1, -0.05) is 225 Å². The lowest BCUT2D eigenvalue weighted by atomic mass is 9.96. The highest BCUT2D eigenvalue weighted by Gasteiger charge is 2.53. The third kappa shape index (κ3) is 36.1. The van der Waals surface area contributed by atoms with E-state index >= 15 is 0 Å². The van der Waals surface area contributed by atoms with Crippen molar-refractivity contribution in [3.05, 3.63) is 122 Å². The zero-order valence-electron chi connectivity index (χ0n) is 56.9. The Hall–Kier alpha value is -3.81. The van der Waals surface area contributed by atoms with Crippen LogP contribution in [0, 0.1) is 0 Å². The highest BCUT2D eigenvalue weighted by molar-refractivity contribution is 5.76. The summed E-state index contributed by atoms with van der Waals surface area (Å²) in [5.41, 5.74) is 0. The lowest BCUT2D eigenvalue weighted by Gasteiger charge is -2.48. The molecule has 17 unspecified atom stereocenters. The lowest BCUT2D eigenvalue weighted by molar-refractivity contribution is -0.379. The Morgan fingerprint density at radius 3 is 1.19 bits per heavy atom. The maximum absolute atomic E-state index is 13.4. The van der Waals surface area contributed by atoms with E-state index in [2.05, 4.69) is 129 Å². The van der Waals surface area contributed by atoms with Gasteiger partial charge < -0.3 is 89.9 Å². The number of carbonyl (C=O) groups is 1. The average molecular weight is 1330 g/mol. The molecule has 3 saturated heterocycles. The molecule has 0 spiro atoms. The van der Waals surface area contributed by atoms with E-state index in [0.29, 0.717) is 12.8 Å². The summed E-state index contributed by atoms with van der Waals surface area (Å²) >= 11 is 0. The first-order valence-corrected chi connectivity index (χ1v) is 35.8. The van der Waals surface area contributed by atoms with E-state index in [1.54, 1.807) is 6.08 Å². The van der Waals surface area contributed by atoms with Crippen molar-refractivity contribution in [1.82, 2.24) is 5.32 Å². The van der Waals surface area contributed by atoms with Gasteiger partial charge in [-0.2, -0.15) is 0 Å². The minimum Gasteiger partial charge on any atom is -0.394 e. The predicted octanol–water partition coefficient (Wildman–Crippen LogP) is 9.99. The van der Waals surface area contributed by atoms with Crippen LogP contribution in [0.15, 0.2) is 122 Å². The molecule has 19 heteroatoms. The van der Waals surface area contributed by atoms with Crippen LogP contribution in [0.1, 0.15) is 213 Å². The van der Waals surface area contributed by atoms with Crippen LogP contribution in [-0.4, -0.2) is 193 Å². The van der Waals surface area contributed by atoms with Gasteiger partial charge in [0.1, 0.15) is 73.2 Å². The van der Waals surface area contributed by atoms with Crippen LogP contribution in [0.3, 0.4) is 0 Å². The van der Waals surface area contributed by atoms with Gasteiger partial charge in [0.05, 0.1) is 38.6 Å². The monoisotopic (exact) mass is 1330 g/mol. The van der Waals surface area contributed by atoms with Crippen molar-refractivity contribution >= 4 is 5.91 Å². The molecule has 3 fully saturated rings. The molecule has 0 aromatic carbocycles. The van der Waals surface area contributed by atoms with E-state index in [-0.39, 0.29) is 12.3 Å². The zero-order chi connectivity index (χ0) is 68.2. The number of rotatable bonds is 53. The van der Waals surface area contributed by atoms with Crippen LogP contribution in [0.4, 0.5) is 0 Å². The smallest absolute Gasteiger partial charge is 0.220 e. The molecule has 0 aromatic heterocycles. The molecular weight excluding hydrogens is 1200 g/mol. The number of carbonyl (C=O) groups excluding carboxylic acids is 1. The van der Waals surface area contributed by atoms with Crippen LogP contribution < -0.4 is 5.32 Å². The van der Waals surface area contributed by atoms with Crippen molar-refractivity contribution in [2.24, 2.45) is 0 Å². The van der Waals surface area contributed by atoms with Crippen molar-refractivity contribution in [1.29, 1.82) is 0 Å². The summed E-state index contributed by atoms with van der Waals surface area (Å²) in [6.07, 6.45) is 48.8. The Balaban J connectivity index is 1.47. The number of aliphatic hydroxyl groups is 11. The lowest BCUT2D eigenvalue weighted by Crippen LogP contribution is -2.66. The summed E-state index contributed by atoms with van der Waals surface area (Å²) in [5.74, 6) is -0.326. The van der Waals surface area contributed by atoms with Crippen LogP contribution in [0.25, 0.3) is 0 Å². The minimum absolute atomic E-state index is 0.184. The minimum atomic E-state index is -1.99. The van der Waals surface area contributed by atoms with E-state index in [0.717, 1.165) is 89.9 Å². The Kier molecular flexibility index (Phi) is 49.5. The number of nitrogens with one attached hydrogen (secondary N) is 1. The predicted molar refractivity (Wildman–Crippen MR) is 369 cm³/mol. The summed E-state index contributed by atoms with van der Waals surface area (Å²) in [6, 6.07) is -1.03. The topological polar surface area (TPSA) is 307 Å². The van der Waals surface area contributed by atoms with Gasteiger partial charge in [-0.3, -0.25) is 4.79 Å². The molecule has 0 aliphatic carbocycles. The normalized spacial score (nSPS) is 28.1. The molecule has 3 heterocycles. The first-order valence-electron chi connectivity index (χ1n) is 35.8. The molecule has 3 aliphatic rings. The number of hydrogen-bond donors (Lipinski definition) is 12. The SMILES string of the molecule is CC/C=C\C/C=C\C/C=C\C/C=C\C/C=C\C/C=C\C/C=C\CCCCCC(=O)NC(COC1OC(CO)C(OC2OC(CO)C(OC3OC(CO)C(O)C(O)C3O)C(O)C2O)C(O)C1O)C(O)/C=C/CC/C=C/CC/C=C/CCCCCCCCCCCCCCCC. The van der Waals surface area contributed by atoms with Crippen LogP contribution >= 0.6 is 0 Å². The number of hydrogen-bond acceptors (Lipinski definition) is 18. The van der Waals surface area contributed by atoms with Crippen LogP contribution in [-0.2, 0) is 33.2 Å². The molecule has 3 rings (SSSR count). The largest absolute Gasteiger partial charge is 0.394 e. The molecule has 0 saturated carbocycles. The summed E-state index contributed by atoms with van der Waals surface area (Å²) in [4.78, 5) is 13.4. The zero-order valence-corrected chi connectivity index (χ0v) is 56.9. The van der Waals surface area contributed by atoms with Crippen LogP contribution in [0.2, 0.25) is 0 Å². The molecular formula is C75H125NO18. The molecule has 94 heavy (non-hydrogen) atoms. The van der Waals surface area contributed by atoms with Gasteiger partial charge in [0.2, 0.25) is 5.91 Å². The highest BCUT2D eigenvalue weighted by Crippen LogP contribution is 2.33. The standard InChI is InChI=1S/C75H125NO18/c1-3-5-7-9-11-13-15-17-19-21-23-25-27-29-31-33-35-37-39-41-43-45-47-49-51-53-63(81)76-58(59(80)52-50-48-46-44-42-40-38-36-34-32-30-28-26-24-22-20-18-16-14-12-10-8-6-4-2)57-89-73-69(87)66(84)71(61(55-78)91-73)94-75-70(88)67(85)72(62(56-79)92-75)93-74-68(86)65(83)64(82)60(54-77)90-74/h5,7,11,13,17,19,23,25,29,31,34-37,41-44,50,52,58-62,64-75,77-80,82-88H,3-4,6,8-10,12,14-16,18,20-22,24,26-28,30,32-33,38-40,45-49,51,53-57H2,1-2H3,(H,76,81)/b7-5-,13-11-,19-17-,25-23-,31-29-,36-34+,37-35-,43-41-,44-42+,52-50+. The molecule has 0 bridgehead atoms. The van der Waals surface area contributed by atoms with Gasteiger partial charge in [0.25, 0.3) is 0 Å². The molecule has 17 atom stereocenters. The Bertz CT molecular complexity index is 2180. The molecule has 0 radical (unpaired) electrons. The summed E-state index contributed by atoms with van der Waals surface area (Å²) in [5, 5.41) is 121. The molecule has 538 valence electrons. The van der Waals surface area contributed by atoms with Crippen LogP contribution in [0.5, 0.6) is 0 Å². The fraction of sp³-hybridized carbons (Fsp3) is 0.720. The molecule has 12 N–H and O–H groups in total. The Morgan fingerprint density at radius 1 is 0.394 bits per heavy atom. The fourth-order valence-corrected chi connectivity index (χ4v) is 11.2. The van der Waals surface area contributed by atoms with E-state index in [1.807, 2.05) is 6.08 Å². The number of ether oxygens (including phenoxy) is 6. The second-order valence-corrected chi connectivity index (χ2v) is 24.9. The molecule has 3 aliphatic heterocycles. The van der Waals surface area contributed by atoms with Gasteiger partial charge in [-0.25, -0.2) is 0 Å². The van der Waals surface area contributed by atoms with Gasteiger partial charge in [-0.15, -0.1) is 0 Å². The third-order valence-electron chi connectivity index (χ3n) is 17.0. The quantitative estimate of drug-likeness (QED) is 0.0199. The summed E-state index contributed by atoms with van der Waals surface area (Å²) < 4.78 is 34.3. The Labute approximate surface area is 563 Å². The highest BCUT2D eigenvalue weighted by atomic mass is 16.8. The first-order chi connectivity index (χ1) is 45.8. The van der Waals surface area contributed by atoms with E-state index in [4.69, 9.17) is 28.4 Å². The average Bonchev–Trinajstić information content (AvgIpc) is 0.788. The first kappa shape index (κ1) is 84.4. The van der Waals surface area contributed by atoms with E-state index in [1.165, 1.54) is 89.9 Å². The van der Waals surface area contributed by atoms with Crippen molar-refractivity contribution in [3.63, 3.8) is 0 Å². The second kappa shape index (κ2) is 55.1. The molecule has 0 aromatic rings. The van der Waals surface area contributed by atoms with E-state index in [9.17, 15) is 61.0 Å². The van der Waals surface area contributed by atoms with Crippen molar-refractivity contribution in [2.75, 3.05) is 26.4 Å². The van der Waals surface area contributed by atoms with Gasteiger partial charge in [0.15, 0.2) is 18.9 Å². The maximum atomic E-state index is 13.4. The van der Waals surface area contributed by atoms with Crippen molar-refractivity contribution in [2.45, 2.75) is 317 Å². The van der Waals surface area contributed by atoms with Gasteiger partial charge in [0, 0.05) is 6.42 Å². The molecule has 19 nitrogen and oxygen atoms in total. The number of allylic oxidation sites excluding steroid dienone is 19. The van der Waals surface area contributed by atoms with Crippen molar-refractivity contribution < 1.29 is 89.4 Å². The van der Waals surface area contributed by atoms with Gasteiger partial charge in [-0.05, 0) is 103 Å². The fourth-order valence-electron chi connectivity index (χ4n) is 11.2. The van der Waals surface area contributed by atoms with E-state index < -0.39 is 131 Å². The van der Waals surface area contributed by atoms with Gasteiger partial charge >= 0.3 is 0 Å². The Morgan fingerprint density at radius 2 is 0.745 bits per heavy atom. The summed E-state index contributed by atoms with van der Waals surface area (Å²) in [6.45, 7) is 1.56. The number of aliphatic hydroxyl groups excluding tert-OH is 11. The molecule has 1 amide bonds. The maximum Gasteiger partial charge on any atom is 0.220 e. The summed E-state index contributed by atoms with van der Waals surface area (Å²) in [7, 11) is 0. The number of amides is 1. The second-order valence-electron chi connectivity index (χ2n) is 24.9.